The molecule has 2 aliphatic rings. The normalized spacial score (nSPS) is 17.6. The van der Waals surface area contributed by atoms with Crippen LogP contribution in [0.4, 0.5) is 0 Å². The lowest BCUT2D eigenvalue weighted by Gasteiger charge is -2.22. The predicted molar refractivity (Wildman–Crippen MR) is 107 cm³/mol. The van der Waals surface area contributed by atoms with Crippen molar-refractivity contribution in [3.05, 3.63) is 35.2 Å². The summed E-state index contributed by atoms with van der Waals surface area (Å²) in [6, 6.07) is 5.51. The van der Waals surface area contributed by atoms with Gasteiger partial charge in [0.05, 0.1) is 6.42 Å². The molecule has 0 spiro atoms. The van der Waals surface area contributed by atoms with Gasteiger partial charge in [-0.1, -0.05) is 11.2 Å². The van der Waals surface area contributed by atoms with Crippen LogP contribution in [-0.4, -0.2) is 68.1 Å². The Kier molecular flexibility index (Phi) is 5.70. The van der Waals surface area contributed by atoms with Crippen molar-refractivity contribution in [2.45, 2.75) is 31.6 Å². The van der Waals surface area contributed by atoms with Crippen LogP contribution in [0.15, 0.2) is 27.6 Å². The summed E-state index contributed by atoms with van der Waals surface area (Å²) in [6.45, 7) is 5.65. The topological polar surface area (TPSA) is 102 Å². The maximum absolute atomic E-state index is 13.0. The van der Waals surface area contributed by atoms with E-state index in [1.54, 1.807) is 18.7 Å². The Bertz CT molecular complexity index is 1030. The van der Waals surface area contributed by atoms with E-state index in [-0.39, 0.29) is 29.5 Å². The van der Waals surface area contributed by atoms with Crippen LogP contribution in [0.5, 0.6) is 11.5 Å². The summed E-state index contributed by atoms with van der Waals surface area (Å²) >= 11 is 0. The molecule has 10 heteroatoms. The van der Waals surface area contributed by atoms with Gasteiger partial charge in [0.2, 0.25) is 15.9 Å². The number of hydrogen-bond donors (Lipinski definition) is 0. The summed E-state index contributed by atoms with van der Waals surface area (Å²) in [4.78, 5) is 14.7. The zero-order chi connectivity index (χ0) is 21.3. The first kappa shape index (κ1) is 20.7. The highest BCUT2D eigenvalue weighted by atomic mass is 32.2. The van der Waals surface area contributed by atoms with Crippen LogP contribution >= 0.6 is 0 Å². The van der Waals surface area contributed by atoms with Crippen LogP contribution in [0.3, 0.4) is 0 Å². The van der Waals surface area contributed by atoms with E-state index < -0.39 is 10.0 Å². The van der Waals surface area contributed by atoms with E-state index in [4.69, 9.17) is 14.0 Å². The number of aromatic nitrogens is 1. The second kappa shape index (κ2) is 8.27. The summed E-state index contributed by atoms with van der Waals surface area (Å²) in [5, 5.41) is 3.76. The number of fused-ring (bicyclic) bond motifs is 1. The lowest BCUT2D eigenvalue weighted by molar-refractivity contribution is -0.130. The predicted octanol–water partition coefficient (Wildman–Crippen LogP) is 1.53. The molecule has 1 amide bonds. The number of sulfonamides is 1. The van der Waals surface area contributed by atoms with Crippen LogP contribution in [-0.2, 0) is 21.2 Å². The Labute approximate surface area is 175 Å². The highest BCUT2D eigenvalue weighted by molar-refractivity contribution is 7.89. The molecule has 0 radical (unpaired) electrons. The van der Waals surface area contributed by atoms with Crippen LogP contribution < -0.4 is 9.47 Å². The number of rotatable bonds is 4. The largest absolute Gasteiger partial charge is 0.486 e. The summed E-state index contributed by atoms with van der Waals surface area (Å²) in [5.74, 6) is 1.58. The molecule has 0 saturated carbocycles. The van der Waals surface area contributed by atoms with E-state index in [2.05, 4.69) is 5.16 Å². The van der Waals surface area contributed by atoms with Crippen molar-refractivity contribution >= 4 is 15.9 Å². The first-order valence-electron chi connectivity index (χ1n) is 9.95. The quantitative estimate of drug-likeness (QED) is 0.718. The molecule has 0 aliphatic carbocycles. The van der Waals surface area contributed by atoms with E-state index in [0.717, 1.165) is 5.56 Å². The molecule has 162 valence electrons. The number of amides is 1. The van der Waals surface area contributed by atoms with Crippen LogP contribution in [0, 0.1) is 13.8 Å². The van der Waals surface area contributed by atoms with Crippen molar-refractivity contribution in [1.29, 1.82) is 0 Å². The van der Waals surface area contributed by atoms with Gasteiger partial charge in [-0.3, -0.25) is 4.79 Å². The minimum atomic E-state index is -3.71. The minimum absolute atomic E-state index is 0.0386. The standard InChI is InChI=1S/C20H25N3O6S/c1-14-20(15(2)29-21-14)30(25,26)23-7-3-6-22(8-9-23)19(24)13-16-4-5-17-18(12-16)28-11-10-27-17/h4-5,12H,3,6-11,13H2,1-2H3. The van der Waals surface area contributed by atoms with Crippen molar-refractivity contribution < 1.29 is 27.2 Å². The fraction of sp³-hybridized carbons (Fsp3) is 0.500. The summed E-state index contributed by atoms with van der Waals surface area (Å²) < 4.78 is 43.6. The molecule has 30 heavy (non-hydrogen) atoms. The number of aryl methyl sites for hydroxylation is 2. The third kappa shape index (κ3) is 4.01. The van der Waals surface area contributed by atoms with E-state index in [1.165, 1.54) is 4.31 Å². The zero-order valence-corrected chi connectivity index (χ0v) is 17.9. The summed E-state index contributed by atoms with van der Waals surface area (Å²) in [7, 11) is -3.71. The number of benzene rings is 1. The highest BCUT2D eigenvalue weighted by Gasteiger charge is 2.32. The number of nitrogens with zero attached hydrogens (tertiary/aromatic N) is 3. The van der Waals surface area contributed by atoms with Gasteiger partial charge in [-0.05, 0) is 38.0 Å². The molecule has 1 fully saturated rings. The van der Waals surface area contributed by atoms with Crippen molar-refractivity contribution in [3.63, 3.8) is 0 Å². The lowest BCUT2D eigenvalue weighted by atomic mass is 10.1. The Balaban J connectivity index is 1.42. The molecular formula is C20H25N3O6S. The molecule has 2 aromatic rings. The fourth-order valence-electron chi connectivity index (χ4n) is 3.84. The van der Waals surface area contributed by atoms with Crippen molar-refractivity contribution in [2.75, 3.05) is 39.4 Å². The van der Waals surface area contributed by atoms with Gasteiger partial charge >= 0.3 is 0 Å². The first-order valence-corrected chi connectivity index (χ1v) is 11.4. The van der Waals surface area contributed by atoms with Crippen LogP contribution in [0.2, 0.25) is 0 Å². The molecule has 0 bridgehead atoms. The SMILES string of the molecule is Cc1noc(C)c1S(=O)(=O)N1CCCN(C(=O)Cc2ccc3c(c2)OCCO3)CC1. The second-order valence-corrected chi connectivity index (χ2v) is 9.32. The average Bonchev–Trinajstić information content (AvgIpc) is 2.93. The van der Waals surface area contributed by atoms with Gasteiger partial charge in [0, 0.05) is 26.2 Å². The summed E-state index contributed by atoms with van der Waals surface area (Å²) in [6.07, 6.45) is 0.794. The third-order valence-corrected chi connectivity index (χ3v) is 7.48. The number of carbonyl (C=O) groups excluding carboxylic acids is 1. The molecule has 4 rings (SSSR count). The number of hydrogen-bond acceptors (Lipinski definition) is 7. The Morgan fingerprint density at radius 2 is 1.83 bits per heavy atom. The average molecular weight is 436 g/mol. The second-order valence-electron chi connectivity index (χ2n) is 7.45. The number of ether oxygens (including phenoxy) is 2. The van der Waals surface area contributed by atoms with Crippen LogP contribution in [0.1, 0.15) is 23.4 Å². The monoisotopic (exact) mass is 435 g/mol. The van der Waals surface area contributed by atoms with Gasteiger partial charge in [-0.25, -0.2) is 8.42 Å². The maximum Gasteiger partial charge on any atom is 0.248 e. The van der Waals surface area contributed by atoms with Gasteiger partial charge in [0.15, 0.2) is 17.3 Å². The first-order chi connectivity index (χ1) is 14.4. The highest BCUT2D eigenvalue weighted by Crippen LogP contribution is 2.31. The molecule has 1 aromatic carbocycles. The minimum Gasteiger partial charge on any atom is -0.486 e. The van der Waals surface area contributed by atoms with Gasteiger partial charge in [-0.2, -0.15) is 4.31 Å². The molecule has 1 aromatic heterocycles. The molecular weight excluding hydrogens is 410 g/mol. The Morgan fingerprint density at radius 1 is 1.07 bits per heavy atom. The van der Waals surface area contributed by atoms with E-state index in [0.29, 0.717) is 56.5 Å². The number of carbonyl (C=O) groups is 1. The molecule has 2 aliphatic heterocycles. The molecule has 9 nitrogen and oxygen atoms in total. The van der Waals surface area contributed by atoms with E-state index in [1.807, 2.05) is 18.2 Å². The molecule has 1 saturated heterocycles. The molecule has 0 atom stereocenters. The summed E-state index contributed by atoms with van der Waals surface area (Å²) in [5.41, 5.74) is 1.19. The van der Waals surface area contributed by atoms with E-state index in [9.17, 15) is 13.2 Å². The Morgan fingerprint density at radius 3 is 2.57 bits per heavy atom. The van der Waals surface area contributed by atoms with E-state index >= 15 is 0 Å². The lowest BCUT2D eigenvalue weighted by Crippen LogP contribution is -2.38. The van der Waals surface area contributed by atoms with Gasteiger partial charge in [-0.15, -0.1) is 0 Å². The third-order valence-electron chi connectivity index (χ3n) is 5.34. The smallest absolute Gasteiger partial charge is 0.248 e. The van der Waals surface area contributed by atoms with Crippen molar-refractivity contribution in [1.82, 2.24) is 14.4 Å². The van der Waals surface area contributed by atoms with Crippen molar-refractivity contribution in [2.24, 2.45) is 0 Å². The zero-order valence-electron chi connectivity index (χ0n) is 17.1. The maximum atomic E-state index is 13.0. The fourth-order valence-corrected chi connectivity index (χ4v) is 5.60. The van der Waals surface area contributed by atoms with Gasteiger partial charge in [0.25, 0.3) is 0 Å². The molecule has 0 unspecified atom stereocenters. The molecule has 3 heterocycles. The van der Waals surface area contributed by atoms with Gasteiger partial charge in [0.1, 0.15) is 23.8 Å². The molecule has 0 N–H and O–H groups in total. The van der Waals surface area contributed by atoms with Crippen molar-refractivity contribution in [3.8, 4) is 11.5 Å². The van der Waals surface area contributed by atoms with Gasteiger partial charge < -0.3 is 18.9 Å². The Hall–Kier alpha value is -2.59. The van der Waals surface area contributed by atoms with Crippen LogP contribution in [0.25, 0.3) is 0 Å².